The zero-order valence-electron chi connectivity index (χ0n) is 22.8. The fraction of sp³-hybridized carbons (Fsp3) is 0.483. The molecular weight excluding hydrogens is 454 g/mol. The van der Waals surface area contributed by atoms with E-state index < -0.39 is 23.8 Å². The lowest BCUT2D eigenvalue weighted by atomic mass is 9.96. The minimum atomic E-state index is -0.894. The number of hydrogen-bond acceptors (Lipinski definition) is 4. The van der Waals surface area contributed by atoms with Crippen LogP contribution in [-0.4, -0.2) is 40.5 Å². The van der Waals surface area contributed by atoms with E-state index in [1.165, 1.54) is 0 Å². The Morgan fingerprint density at radius 1 is 0.944 bits per heavy atom. The number of para-hydroxylation sites is 1. The van der Waals surface area contributed by atoms with Gasteiger partial charge in [0.15, 0.2) is 0 Å². The fourth-order valence-corrected chi connectivity index (χ4v) is 3.89. The first-order valence-electron chi connectivity index (χ1n) is 12.6. The van der Waals surface area contributed by atoms with E-state index in [9.17, 15) is 14.4 Å². The van der Waals surface area contributed by atoms with Crippen LogP contribution in [0.5, 0.6) is 0 Å². The maximum atomic E-state index is 14.1. The minimum absolute atomic E-state index is 0.229. The highest BCUT2D eigenvalue weighted by Gasteiger charge is 2.39. The Labute approximate surface area is 215 Å². The molecule has 0 spiro atoms. The van der Waals surface area contributed by atoms with Crippen molar-refractivity contribution in [3.8, 4) is 0 Å². The first-order chi connectivity index (χ1) is 16.9. The average Bonchev–Trinajstić information content (AvgIpc) is 2.80. The smallest absolute Gasteiger partial charge is 0.408 e. The standard InChI is InChI=1S/C29H41N3O4/c1-9-21(5)32(27(34)24(19(2)3)31-28(35)36-29(6,7)8)25(22-16-11-10-12-17-22)26(33)30-23-18-14-13-15-20(23)4/h10-19,21,24-25H,9H2,1-8H3,(H,30,33)(H,31,35). The molecule has 0 aliphatic carbocycles. The monoisotopic (exact) mass is 495 g/mol. The number of amides is 3. The molecular formula is C29H41N3O4. The number of carbonyl (C=O) groups excluding carboxylic acids is 3. The molecule has 3 atom stereocenters. The van der Waals surface area contributed by atoms with Crippen molar-refractivity contribution < 1.29 is 19.1 Å². The van der Waals surface area contributed by atoms with Gasteiger partial charge in [0, 0.05) is 11.7 Å². The Morgan fingerprint density at radius 2 is 1.53 bits per heavy atom. The van der Waals surface area contributed by atoms with Crippen LogP contribution in [0, 0.1) is 12.8 Å². The van der Waals surface area contributed by atoms with Gasteiger partial charge in [0.1, 0.15) is 17.7 Å². The Bertz CT molecular complexity index is 1030. The molecule has 36 heavy (non-hydrogen) atoms. The van der Waals surface area contributed by atoms with Gasteiger partial charge in [0.2, 0.25) is 5.91 Å². The SMILES string of the molecule is CCC(C)N(C(=O)C(NC(=O)OC(C)(C)C)C(C)C)C(C(=O)Nc1ccccc1C)c1ccccc1. The van der Waals surface area contributed by atoms with E-state index in [0.29, 0.717) is 17.7 Å². The summed E-state index contributed by atoms with van der Waals surface area (Å²) >= 11 is 0. The highest BCUT2D eigenvalue weighted by Crippen LogP contribution is 2.29. The molecule has 0 bridgehead atoms. The van der Waals surface area contributed by atoms with Crippen molar-refractivity contribution in [2.75, 3.05) is 5.32 Å². The second-order valence-corrected chi connectivity index (χ2v) is 10.5. The highest BCUT2D eigenvalue weighted by atomic mass is 16.6. The Morgan fingerprint density at radius 3 is 2.06 bits per heavy atom. The maximum Gasteiger partial charge on any atom is 0.408 e. The number of alkyl carbamates (subject to hydrolysis) is 1. The number of benzene rings is 2. The summed E-state index contributed by atoms with van der Waals surface area (Å²) in [5.74, 6) is -0.879. The van der Waals surface area contributed by atoms with E-state index in [2.05, 4.69) is 10.6 Å². The van der Waals surface area contributed by atoms with Crippen molar-refractivity contribution in [1.82, 2.24) is 10.2 Å². The summed E-state index contributed by atoms with van der Waals surface area (Å²) in [5.41, 5.74) is 1.60. The van der Waals surface area contributed by atoms with Crippen molar-refractivity contribution >= 4 is 23.6 Å². The van der Waals surface area contributed by atoms with E-state index in [4.69, 9.17) is 4.74 Å². The van der Waals surface area contributed by atoms with Crippen LogP contribution in [0.4, 0.5) is 10.5 Å². The average molecular weight is 496 g/mol. The zero-order valence-corrected chi connectivity index (χ0v) is 22.8. The van der Waals surface area contributed by atoms with Crippen LogP contribution >= 0.6 is 0 Å². The molecule has 0 saturated heterocycles. The first-order valence-corrected chi connectivity index (χ1v) is 12.6. The summed E-state index contributed by atoms with van der Waals surface area (Å²) in [6.07, 6.45) is -0.0384. The van der Waals surface area contributed by atoms with E-state index >= 15 is 0 Å². The van der Waals surface area contributed by atoms with Gasteiger partial charge >= 0.3 is 6.09 Å². The zero-order chi connectivity index (χ0) is 27.0. The van der Waals surface area contributed by atoms with E-state index in [1.807, 2.05) is 89.2 Å². The summed E-state index contributed by atoms with van der Waals surface area (Å²) in [4.78, 5) is 42.1. The predicted octanol–water partition coefficient (Wildman–Crippen LogP) is 5.85. The third kappa shape index (κ3) is 7.83. The molecule has 0 aliphatic rings. The molecule has 0 aromatic heterocycles. The summed E-state index contributed by atoms with van der Waals surface area (Å²) < 4.78 is 5.42. The predicted molar refractivity (Wildman–Crippen MR) is 144 cm³/mol. The summed E-state index contributed by atoms with van der Waals surface area (Å²) in [6.45, 7) is 14.8. The largest absolute Gasteiger partial charge is 0.444 e. The first kappa shape index (κ1) is 28.9. The van der Waals surface area contributed by atoms with Crippen LogP contribution in [0.25, 0.3) is 0 Å². The highest BCUT2D eigenvalue weighted by molar-refractivity contribution is 5.99. The van der Waals surface area contributed by atoms with E-state index in [0.717, 1.165) is 5.56 Å². The maximum absolute atomic E-state index is 14.1. The van der Waals surface area contributed by atoms with Crippen molar-refractivity contribution in [3.63, 3.8) is 0 Å². The molecule has 0 radical (unpaired) electrons. The molecule has 2 aromatic carbocycles. The van der Waals surface area contributed by atoms with Crippen molar-refractivity contribution in [2.45, 2.75) is 85.5 Å². The number of ether oxygens (including phenoxy) is 1. The van der Waals surface area contributed by atoms with Crippen LogP contribution in [0.1, 0.15) is 72.1 Å². The molecule has 2 rings (SSSR count). The molecule has 7 nitrogen and oxygen atoms in total. The summed E-state index contributed by atoms with van der Waals surface area (Å²) in [6, 6.07) is 14.7. The van der Waals surface area contributed by atoms with Crippen molar-refractivity contribution in [3.05, 3.63) is 65.7 Å². The van der Waals surface area contributed by atoms with Gasteiger partial charge in [0.25, 0.3) is 5.91 Å². The third-order valence-electron chi connectivity index (χ3n) is 5.97. The molecule has 3 unspecified atom stereocenters. The van der Waals surface area contributed by atoms with Gasteiger partial charge in [0.05, 0.1) is 0 Å². The Hall–Kier alpha value is -3.35. The normalized spacial score (nSPS) is 13.9. The number of nitrogens with zero attached hydrogens (tertiary/aromatic N) is 1. The van der Waals surface area contributed by atoms with E-state index in [1.54, 1.807) is 25.7 Å². The van der Waals surface area contributed by atoms with Gasteiger partial charge < -0.3 is 20.3 Å². The molecule has 196 valence electrons. The lowest BCUT2D eigenvalue weighted by Gasteiger charge is -2.39. The van der Waals surface area contributed by atoms with Crippen LogP contribution in [0.3, 0.4) is 0 Å². The molecule has 0 heterocycles. The van der Waals surface area contributed by atoms with Gasteiger partial charge in [-0.3, -0.25) is 9.59 Å². The minimum Gasteiger partial charge on any atom is -0.444 e. The van der Waals surface area contributed by atoms with Crippen molar-refractivity contribution in [2.24, 2.45) is 5.92 Å². The molecule has 0 fully saturated rings. The second kappa shape index (κ2) is 12.6. The van der Waals surface area contributed by atoms with Crippen LogP contribution in [0.2, 0.25) is 0 Å². The number of anilines is 1. The molecule has 2 aromatic rings. The van der Waals surface area contributed by atoms with Crippen LogP contribution < -0.4 is 10.6 Å². The summed E-state index contributed by atoms with van der Waals surface area (Å²) in [7, 11) is 0. The Balaban J connectivity index is 2.51. The van der Waals surface area contributed by atoms with Crippen LogP contribution in [-0.2, 0) is 14.3 Å². The molecule has 7 heteroatoms. The number of nitrogens with one attached hydrogen (secondary N) is 2. The lowest BCUT2D eigenvalue weighted by molar-refractivity contribution is -0.144. The molecule has 3 amide bonds. The quantitative estimate of drug-likeness (QED) is 0.457. The van der Waals surface area contributed by atoms with Crippen LogP contribution in [0.15, 0.2) is 54.6 Å². The number of aryl methyl sites for hydroxylation is 1. The van der Waals surface area contributed by atoms with E-state index in [-0.39, 0.29) is 23.8 Å². The van der Waals surface area contributed by atoms with Gasteiger partial charge in [-0.1, -0.05) is 69.3 Å². The van der Waals surface area contributed by atoms with Gasteiger partial charge in [-0.15, -0.1) is 0 Å². The third-order valence-corrected chi connectivity index (χ3v) is 5.97. The van der Waals surface area contributed by atoms with Gasteiger partial charge in [-0.25, -0.2) is 4.79 Å². The number of rotatable bonds is 9. The topological polar surface area (TPSA) is 87.7 Å². The van der Waals surface area contributed by atoms with Gasteiger partial charge in [-0.05, 0) is 64.2 Å². The van der Waals surface area contributed by atoms with Gasteiger partial charge in [-0.2, -0.15) is 0 Å². The Kier molecular flexibility index (Phi) is 10.1. The molecule has 2 N–H and O–H groups in total. The fourth-order valence-electron chi connectivity index (χ4n) is 3.89. The molecule has 0 saturated carbocycles. The number of carbonyl (C=O) groups is 3. The second-order valence-electron chi connectivity index (χ2n) is 10.5. The lowest BCUT2D eigenvalue weighted by Crippen LogP contribution is -2.56. The summed E-state index contributed by atoms with van der Waals surface area (Å²) in [5, 5.41) is 5.77. The number of hydrogen-bond donors (Lipinski definition) is 2. The van der Waals surface area contributed by atoms with Crippen molar-refractivity contribution in [1.29, 1.82) is 0 Å². The molecule has 0 aliphatic heterocycles.